The van der Waals surface area contributed by atoms with E-state index in [4.69, 9.17) is 9.15 Å². The lowest BCUT2D eigenvalue weighted by atomic mass is 9.97. The van der Waals surface area contributed by atoms with Gasteiger partial charge in [0.2, 0.25) is 5.91 Å². The van der Waals surface area contributed by atoms with Gasteiger partial charge in [-0.1, -0.05) is 11.3 Å². The van der Waals surface area contributed by atoms with Gasteiger partial charge in [0, 0.05) is 25.4 Å². The Hall–Kier alpha value is -2.22. The molecule has 3 rings (SSSR count). The molecule has 0 N–H and O–H groups in total. The van der Waals surface area contributed by atoms with Crippen LogP contribution in [0.15, 0.2) is 22.8 Å². The van der Waals surface area contributed by atoms with Crippen molar-refractivity contribution in [3.05, 3.63) is 23.4 Å². The molecule has 0 radical (unpaired) electrons. The van der Waals surface area contributed by atoms with E-state index in [1.165, 1.54) is 0 Å². The largest absolute Gasteiger partial charge is 0.466 e. The van der Waals surface area contributed by atoms with Gasteiger partial charge in [-0.25, -0.2) is 0 Å². The maximum Gasteiger partial charge on any atom is 0.306 e. The predicted molar refractivity (Wildman–Crippen MR) is 92.0 cm³/mol. The van der Waals surface area contributed by atoms with Crippen molar-refractivity contribution in [3.63, 3.8) is 0 Å². The fourth-order valence-corrected chi connectivity index (χ4v) is 3.86. The van der Waals surface area contributed by atoms with E-state index in [2.05, 4.69) is 10.2 Å². The van der Waals surface area contributed by atoms with Gasteiger partial charge in [0.15, 0.2) is 10.8 Å². The van der Waals surface area contributed by atoms with E-state index in [0.29, 0.717) is 25.6 Å². The van der Waals surface area contributed by atoms with Crippen molar-refractivity contribution >= 4 is 23.2 Å². The van der Waals surface area contributed by atoms with Gasteiger partial charge in [-0.2, -0.15) is 0 Å². The topological polar surface area (TPSA) is 85.5 Å². The van der Waals surface area contributed by atoms with Crippen LogP contribution < -0.4 is 0 Å². The fourth-order valence-electron chi connectivity index (χ4n) is 2.88. The van der Waals surface area contributed by atoms with Gasteiger partial charge in [-0.05, 0) is 31.9 Å². The Bertz CT molecular complexity index is 705. The quantitative estimate of drug-likeness (QED) is 0.734. The molecule has 2 aromatic rings. The summed E-state index contributed by atoms with van der Waals surface area (Å²) in [7, 11) is 0. The van der Waals surface area contributed by atoms with E-state index in [-0.39, 0.29) is 24.7 Å². The van der Waals surface area contributed by atoms with Gasteiger partial charge in [0.25, 0.3) is 0 Å². The number of amides is 1. The molecule has 2 aromatic heterocycles. The molecular weight excluding hydrogens is 342 g/mol. The fraction of sp³-hybridized carbons (Fsp3) is 0.529. The molecule has 0 atom stereocenters. The lowest BCUT2D eigenvalue weighted by Crippen LogP contribution is -2.38. The molecule has 0 aliphatic carbocycles. The van der Waals surface area contributed by atoms with Crippen LogP contribution in [0.2, 0.25) is 0 Å². The van der Waals surface area contributed by atoms with Crippen LogP contribution in [0.5, 0.6) is 0 Å². The Morgan fingerprint density at radius 2 is 2.12 bits per heavy atom. The second kappa shape index (κ2) is 8.24. The van der Waals surface area contributed by atoms with Gasteiger partial charge < -0.3 is 14.1 Å². The second-order valence-corrected chi connectivity index (χ2v) is 6.89. The van der Waals surface area contributed by atoms with Gasteiger partial charge in [-0.15, -0.1) is 10.2 Å². The summed E-state index contributed by atoms with van der Waals surface area (Å²) < 4.78 is 10.2. The monoisotopic (exact) mass is 363 g/mol. The van der Waals surface area contributed by atoms with Crippen LogP contribution in [0.4, 0.5) is 0 Å². The summed E-state index contributed by atoms with van der Waals surface area (Å²) in [6, 6.07) is 3.70. The number of carbonyl (C=O) groups excluding carboxylic acids is 2. The van der Waals surface area contributed by atoms with Crippen LogP contribution in [0.1, 0.15) is 43.5 Å². The average molecular weight is 363 g/mol. The summed E-state index contributed by atoms with van der Waals surface area (Å²) in [6.07, 6.45) is 3.70. The Morgan fingerprint density at radius 1 is 1.32 bits per heavy atom. The standard InChI is InChI=1S/C17H21N3O4S/c1-2-23-15(22)6-5-14(21)20-9-7-12(8-10-20)16-18-19-17(25-16)13-4-3-11-24-13/h3-4,11-12H,2,5-10H2,1H3. The van der Waals surface area contributed by atoms with Crippen molar-refractivity contribution in [2.24, 2.45) is 0 Å². The van der Waals surface area contributed by atoms with Crippen LogP contribution in [-0.4, -0.2) is 46.7 Å². The summed E-state index contributed by atoms with van der Waals surface area (Å²) >= 11 is 1.55. The first-order valence-electron chi connectivity index (χ1n) is 8.48. The molecule has 1 aliphatic rings. The zero-order valence-corrected chi connectivity index (χ0v) is 15.0. The summed E-state index contributed by atoms with van der Waals surface area (Å²) in [5.41, 5.74) is 0. The third kappa shape index (κ3) is 4.45. The molecule has 0 spiro atoms. The number of aromatic nitrogens is 2. The molecule has 1 saturated heterocycles. The van der Waals surface area contributed by atoms with Crippen molar-refractivity contribution in [1.82, 2.24) is 15.1 Å². The Labute approximate surface area is 150 Å². The lowest BCUT2D eigenvalue weighted by Gasteiger charge is -2.30. The van der Waals surface area contributed by atoms with Gasteiger partial charge >= 0.3 is 5.97 Å². The first kappa shape index (κ1) is 17.6. The maximum absolute atomic E-state index is 12.2. The Kier molecular flexibility index (Phi) is 5.80. The van der Waals surface area contributed by atoms with Gasteiger partial charge in [0.05, 0.1) is 19.3 Å². The highest BCUT2D eigenvalue weighted by Gasteiger charge is 2.26. The van der Waals surface area contributed by atoms with Crippen LogP contribution >= 0.6 is 11.3 Å². The van der Waals surface area contributed by atoms with E-state index in [1.54, 1.807) is 24.5 Å². The smallest absolute Gasteiger partial charge is 0.306 e. The third-order valence-electron chi connectivity index (χ3n) is 4.22. The second-order valence-electron chi connectivity index (χ2n) is 5.88. The van der Waals surface area contributed by atoms with Crippen LogP contribution in [0, 0.1) is 0 Å². The molecule has 1 fully saturated rings. The summed E-state index contributed by atoms with van der Waals surface area (Å²) in [4.78, 5) is 25.4. The van der Waals surface area contributed by atoms with Gasteiger partial charge in [-0.3, -0.25) is 9.59 Å². The molecule has 3 heterocycles. The van der Waals surface area contributed by atoms with Crippen LogP contribution in [-0.2, 0) is 14.3 Å². The van der Waals surface area contributed by atoms with Crippen LogP contribution in [0.3, 0.4) is 0 Å². The number of furan rings is 1. The first-order chi connectivity index (χ1) is 12.2. The zero-order chi connectivity index (χ0) is 17.6. The van der Waals surface area contributed by atoms with Gasteiger partial charge in [0.1, 0.15) is 5.01 Å². The average Bonchev–Trinajstić information content (AvgIpc) is 3.31. The van der Waals surface area contributed by atoms with Crippen molar-refractivity contribution in [1.29, 1.82) is 0 Å². The zero-order valence-electron chi connectivity index (χ0n) is 14.1. The van der Waals surface area contributed by atoms with E-state index >= 15 is 0 Å². The number of rotatable bonds is 6. The van der Waals surface area contributed by atoms with Crippen LogP contribution in [0.25, 0.3) is 10.8 Å². The minimum atomic E-state index is -0.315. The highest BCUT2D eigenvalue weighted by molar-refractivity contribution is 7.14. The summed E-state index contributed by atoms with van der Waals surface area (Å²) in [5, 5.41) is 10.3. The molecule has 0 saturated carbocycles. The number of carbonyl (C=O) groups is 2. The van der Waals surface area contributed by atoms with E-state index < -0.39 is 0 Å². The maximum atomic E-state index is 12.2. The Balaban J connectivity index is 1.48. The molecule has 0 unspecified atom stereocenters. The molecule has 7 nitrogen and oxygen atoms in total. The summed E-state index contributed by atoms with van der Waals surface area (Å²) in [5.74, 6) is 0.746. The molecular formula is C17H21N3O4S. The van der Waals surface area contributed by atoms with Crippen molar-refractivity contribution in [2.75, 3.05) is 19.7 Å². The van der Waals surface area contributed by atoms with Crippen molar-refractivity contribution < 1.29 is 18.7 Å². The number of piperidine rings is 1. The molecule has 0 bridgehead atoms. The van der Waals surface area contributed by atoms with Crippen molar-refractivity contribution in [2.45, 2.75) is 38.5 Å². The van der Waals surface area contributed by atoms with E-state index in [9.17, 15) is 9.59 Å². The SMILES string of the molecule is CCOC(=O)CCC(=O)N1CCC(c2nnc(-c3ccco3)s2)CC1. The predicted octanol–water partition coefficient (Wildman–Crippen LogP) is 2.85. The summed E-state index contributed by atoms with van der Waals surface area (Å²) in [6.45, 7) is 3.47. The number of nitrogens with zero attached hydrogens (tertiary/aromatic N) is 3. The van der Waals surface area contributed by atoms with E-state index in [0.717, 1.165) is 28.6 Å². The normalized spacial score (nSPS) is 15.3. The number of hydrogen-bond donors (Lipinski definition) is 0. The number of hydrogen-bond acceptors (Lipinski definition) is 7. The number of esters is 1. The Morgan fingerprint density at radius 3 is 2.80 bits per heavy atom. The molecule has 134 valence electrons. The first-order valence-corrected chi connectivity index (χ1v) is 9.29. The number of ether oxygens (including phenoxy) is 1. The molecule has 25 heavy (non-hydrogen) atoms. The molecule has 8 heteroatoms. The molecule has 1 aliphatic heterocycles. The lowest BCUT2D eigenvalue weighted by molar-refractivity contribution is -0.145. The van der Waals surface area contributed by atoms with Crippen molar-refractivity contribution in [3.8, 4) is 10.8 Å². The highest BCUT2D eigenvalue weighted by Crippen LogP contribution is 2.33. The molecule has 1 amide bonds. The minimum Gasteiger partial charge on any atom is -0.466 e. The van der Waals surface area contributed by atoms with E-state index in [1.807, 2.05) is 17.0 Å². The minimum absolute atomic E-state index is 0.0139. The number of likely N-dealkylation sites (tertiary alicyclic amines) is 1. The molecule has 0 aromatic carbocycles. The third-order valence-corrected chi connectivity index (χ3v) is 5.32. The highest BCUT2D eigenvalue weighted by atomic mass is 32.1.